The zero-order valence-electron chi connectivity index (χ0n) is 15.1. The Morgan fingerprint density at radius 3 is 2.78 bits per heavy atom. The van der Waals surface area contributed by atoms with Gasteiger partial charge in [0.2, 0.25) is 5.91 Å². The molecule has 1 aliphatic rings. The average molecular weight is 390 g/mol. The summed E-state index contributed by atoms with van der Waals surface area (Å²) in [5.41, 5.74) is 2.01. The molecule has 2 aromatic rings. The van der Waals surface area contributed by atoms with Gasteiger partial charge in [-0.15, -0.1) is 0 Å². The van der Waals surface area contributed by atoms with Crippen molar-refractivity contribution in [3.05, 3.63) is 58.1 Å². The van der Waals surface area contributed by atoms with Crippen LogP contribution in [-0.4, -0.2) is 32.7 Å². The number of benzene rings is 2. The molecule has 0 bridgehead atoms. The van der Waals surface area contributed by atoms with Crippen LogP contribution in [0.1, 0.15) is 21.5 Å². The summed E-state index contributed by atoms with van der Waals surface area (Å²) in [6.07, 6.45) is 0.567. The van der Waals surface area contributed by atoms with Crippen molar-refractivity contribution in [1.82, 2.24) is 5.32 Å². The summed E-state index contributed by atoms with van der Waals surface area (Å²) in [5.74, 6) is 0.284. The van der Waals surface area contributed by atoms with E-state index in [2.05, 4.69) is 5.32 Å². The molecule has 6 nitrogen and oxygen atoms in total. The zero-order valence-corrected chi connectivity index (χ0v) is 15.8. The number of carbonyl (C=O) groups is 2. The van der Waals surface area contributed by atoms with Crippen LogP contribution in [0.3, 0.4) is 0 Å². The van der Waals surface area contributed by atoms with Crippen LogP contribution in [0.4, 0.5) is 0 Å². The number of esters is 1. The highest BCUT2D eigenvalue weighted by Gasteiger charge is 2.26. The van der Waals surface area contributed by atoms with Crippen molar-refractivity contribution in [3.63, 3.8) is 0 Å². The number of hydrogen-bond acceptors (Lipinski definition) is 5. The Labute approximate surface area is 162 Å². The van der Waals surface area contributed by atoms with Gasteiger partial charge in [-0.1, -0.05) is 17.7 Å². The van der Waals surface area contributed by atoms with Crippen molar-refractivity contribution in [2.45, 2.75) is 13.0 Å². The Morgan fingerprint density at radius 1 is 1.22 bits per heavy atom. The van der Waals surface area contributed by atoms with Crippen LogP contribution in [0.2, 0.25) is 5.02 Å². The van der Waals surface area contributed by atoms with Gasteiger partial charge in [0.25, 0.3) is 0 Å². The van der Waals surface area contributed by atoms with E-state index in [0.29, 0.717) is 29.4 Å². The van der Waals surface area contributed by atoms with E-state index in [-0.39, 0.29) is 18.4 Å². The lowest BCUT2D eigenvalue weighted by molar-refractivity contribution is -0.126. The SMILES string of the molecule is COC(=O)c1cc(CNC(=O)C2COc3ccc(Cl)cc3C2)ccc1OC. The summed E-state index contributed by atoms with van der Waals surface area (Å²) in [4.78, 5) is 24.4. The number of rotatable bonds is 5. The van der Waals surface area contributed by atoms with Crippen molar-refractivity contribution in [3.8, 4) is 11.5 Å². The third kappa shape index (κ3) is 4.34. The normalized spacial score (nSPS) is 15.3. The van der Waals surface area contributed by atoms with Crippen molar-refractivity contribution in [1.29, 1.82) is 0 Å². The van der Waals surface area contributed by atoms with Gasteiger partial charge in [-0.25, -0.2) is 4.79 Å². The molecule has 3 rings (SSSR count). The molecule has 27 heavy (non-hydrogen) atoms. The van der Waals surface area contributed by atoms with Crippen molar-refractivity contribution in [2.75, 3.05) is 20.8 Å². The number of ether oxygens (including phenoxy) is 3. The van der Waals surface area contributed by atoms with Crippen molar-refractivity contribution in [2.24, 2.45) is 5.92 Å². The van der Waals surface area contributed by atoms with E-state index in [1.165, 1.54) is 14.2 Å². The molecular weight excluding hydrogens is 370 g/mol. The zero-order chi connectivity index (χ0) is 19.4. The van der Waals surface area contributed by atoms with Crippen LogP contribution < -0.4 is 14.8 Å². The standard InChI is InChI=1S/C20H20ClNO5/c1-25-18-5-3-12(7-16(18)20(24)26-2)10-22-19(23)14-8-13-9-15(21)4-6-17(13)27-11-14/h3-7,9,14H,8,10-11H2,1-2H3,(H,22,23). The first-order valence-corrected chi connectivity index (χ1v) is 8.83. The Bertz CT molecular complexity index is 867. The highest BCUT2D eigenvalue weighted by Crippen LogP contribution is 2.30. The summed E-state index contributed by atoms with van der Waals surface area (Å²) in [7, 11) is 2.79. The van der Waals surface area contributed by atoms with Crippen LogP contribution in [-0.2, 0) is 22.5 Å². The second-order valence-corrected chi connectivity index (χ2v) is 6.64. The lowest BCUT2D eigenvalue weighted by atomic mass is 9.96. The van der Waals surface area contributed by atoms with Gasteiger partial charge in [0.05, 0.1) is 20.1 Å². The second kappa shape index (κ2) is 8.31. The average Bonchev–Trinajstić information content (AvgIpc) is 2.70. The van der Waals surface area contributed by atoms with Gasteiger partial charge < -0.3 is 19.5 Å². The Kier molecular flexibility index (Phi) is 5.86. The molecule has 0 radical (unpaired) electrons. The minimum Gasteiger partial charge on any atom is -0.496 e. The maximum absolute atomic E-state index is 12.5. The van der Waals surface area contributed by atoms with Gasteiger partial charge in [0.15, 0.2) is 0 Å². The van der Waals surface area contributed by atoms with Gasteiger partial charge in [-0.2, -0.15) is 0 Å². The third-order valence-electron chi connectivity index (χ3n) is 4.44. The molecule has 0 saturated carbocycles. The highest BCUT2D eigenvalue weighted by molar-refractivity contribution is 6.30. The Balaban J connectivity index is 1.65. The molecule has 2 aromatic carbocycles. The molecule has 1 atom stereocenters. The monoisotopic (exact) mass is 389 g/mol. The number of halogens is 1. The Morgan fingerprint density at radius 2 is 2.04 bits per heavy atom. The predicted molar refractivity (Wildman–Crippen MR) is 100 cm³/mol. The smallest absolute Gasteiger partial charge is 0.341 e. The van der Waals surface area contributed by atoms with E-state index >= 15 is 0 Å². The van der Waals surface area contributed by atoms with E-state index in [9.17, 15) is 9.59 Å². The summed E-state index contributed by atoms with van der Waals surface area (Å²) in [5, 5.41) is 3.51. The largest absolute Gasteiger partial charge is 0.496 e. The van der Waals surface area contributed by atoms with Crippen molar-refractivity contribution < 1.29 is 23.8 Å². The summed E-state index contributed by atoms with van der Waals surface area (Å²) >= 11 is 6.02. The summed E-state index contributed by atoms with van der Waals surface area (Å²) < 4.78 is 15.6. The Hall–Kier alpha value is -2.73. The van der Waals surface area contributed by atoms with E-state index in [1.807, 2.05) is 12.1 Å². The molecule has 0 fully saturated rings. The van der Waals surface area contributed by atoms with Gasteiger partial charge in [-0.3, -0.25) is 4.79 Å². The van der Waals surface area contributed by atoms with Crippen LogP contribution in [0.25, 0.3) is 0 Å². The molecule has 1 N–H and O–H groups in total. The van der Waals surface area contributed by atoms with Crippen LogP contribution >= 0.6 is 11.6 Å². The number of carbonyl (C=O) groups excluding carboxylic acids is 2. The van der Waals surface area contributed by atoms with Crippen LogP contribution in [0.5, 0.6) is 11.5 Å². The lowest BCUT2D eigenvalue weighted by Gasteiger charge is -2.24. The second-order valence-electron chi connectivity index (χ2n) is 6.21. The molecule has 142 valence electrons. The first-order chi connectivity index (χ1) is 13.0. The van der Waals surface area contributed by atoms with E-state index in [1.54, 1.807) is 24.3 Å². The fraction of sp³-hybridized carbons (Fsp3) is 0.300. The number of nitrogens with one attached hydrogen (secondary N) is 1. The van der Waals surface area contributed by atoms with Gasteiger partial charge in [0, 0.05) is 11.6 Å². The third-order valence-corrected chi connectivity index (χ3v) is 4.67. The molecule has 1 unspecified atom stereocenters. The minimum absolute atomic E-state index is 0.115. The summed E-state index contributed by atoms with van der Waals surface area (Å²) in [6, 6.07) is 10.5. The molecule has 0 saturated heterocycles. The van der Waals surface area contributed by atoms with E-state index in [4.69, 9.17) is 25.8 Å². The lowest BCUT2D eigenvalue weighted by Crippen LogP contribution is -2.37. The molecule has 1 aliphatic heterocycles. The van der Waals surface area contributed by atoms with Crippen molar-refractivity contribution >= 4 is 23.5 Å². The molecular formula is C20H20ClNO5. The van der Waals surface area contributed by atoms with Crippen LogP contribution in [0, 0.1) is 5.92 Å². The quantitative estimate of drug-likeness (QED) is 0.796. The minimum atomic E-state index is -0.491. The highest BCUT2D eigenvalue weighted by atomic mass is 35.5. The molecule has 1 heterocycles. The van der Waals surface area contributed by atoms with Crippen LogP contribution in [0.15, 0.2) is 36.4 Å². The van der Waals surface area contributed by atoms with E-state index in [0.717, 1.165) is 16.9 Å². The predicted octanol–water partition coefficient (Wildman–Crippen LogP) is 3.00. The first kappa shape index (κ1) is 19.0. The molecule has 0 spiro atoms. The molecule has 1 amide bonds. The number of methoxy groups -OCH3 is 2. The number of hydrogen-bond donors (Lipinski definition) is 1. The maximum Gasteiger partial charge on any atom is 0.341 e. The van der Waals surface area contributed by atoms with Gasteiger partial charge in [-0.05, 0) is 47.9 Å². The number of amides is 1. The maximum atomic E-state index is 12.5. The fourth-order valence-corrected chi connectivity index (χ4v) is 3.19. The first-order valence-electron chi connectivity index (χ1n) is 8.46. The molecule has 0 aliphatic carbocycles. The van der Waals surface area contributed by atoms with Gasteiger partial charge >= 0.3 is 5.97 Å². The molecule has 0 aromatic heterocycles. The van der Waals surface area contributed by atoms with E-state index < -0.39 is 5.97 Å². The topological polar surface area (TPSA) is 73.9 Å². The number of fused-ring (bicyclic) bond motifs is 1. The summed E-state index contributed by atoms with van der Waals surface area (Å²) in [6.45, 7) is 0.599. The van der Waals surface area contributed by atoms with Gasteiger partial charge in [0.1, 0.15) is 23.7 Å². The molecule has 7 heteroatoms. The fourth-order valence-electron chi connectivity index (χ4n) is 3.00.